The SMILES string of the molecule is N#Cc1cc2cccc-2cc2cc(C#N)c(N)c-2c1N. The van der Waals surface area contributed by atoms with Gasteiger partial charge in [0.25, 0.3) is 0 Å². The van der Waals surface area contributed by atoms with Gasteiger partial charge in [-0.3, -0.25) is 0 Å². The van der Waals surface area contributed by atoms with Gasteiger partial charge in [0.2, 0.25) is 0 Å². The Bertz CT molecular complexity index is 852. The highest BCUT2D eigenvalue weighted by Crippen LogP contribution is 2.41. The third-order valence-corrected chi connectivity index (χ3v) is 3.44. The van der Waals surface area contributed by atoms with Crippen molar-refractivity contribution < 1.29 is 0 Å². The lowest BCUT2D eigenvalue weighted by Gasteiger charge is -2.07. The van der Waals surface area contributed by atoms with E-state index in [1.54, 1.807) is 12.1 Å². The van der Waals surface area contributed by atoms with Crippen LogP contribution in [-0.2, 0) is 0 Å². The summed E-state index contributed by atoms with van der Waals surface area (Å²) in [5.41, 5.74) is 16.7. The van der Waals surface area contributed by atoms with E-state index in [0.29, 0.717) is 28.1 Å². The average molecular weight is 258 g/mol. The second-order valence-electron chi connectivity index (χ2n) is 4.58. The topological polar surface area (TPSA) is 99.6 Å². The van der Waals surface area contributed by atoms with Crippen LogP contribution in [0.3, 0.4) is 0 Å². The Labute approximate surface area is 116 Å². The quantitative estimate of drug-likeness (QED) is 0.647. The lowest BCUT2D eigenvalue weighted by molar-refractivity contribution is 1.49. The zero-order valence-electron chi connectivity index (χ0n) is 10.5. The minimum atomic E-state index is 0.310. The summed E-state index contributed by atoms with van der Waals surface area (Å²) in [6, 6.07) is 15.3. The van der Waals surface area contributed by atoms with E-state index in [1.807, 2.05) is 30.3 Å². The lowest BCUT2D eigenvalue weighted by atomic mass is 10.00. The minimum Gasteiger partial charge on any atom is -0.397 e. The van der Waals surface area contributed by atoms with Crippen molar-refractivity contribution in [2.45, 2.75) is 0 Å². The summed E-state index contributed by atoms with van der Waals surface area (Å²) in [6.45, 7) is 0. The fourth-order valence-electron chi connectivity index (χ4n) is 2.44. The van der Waals surface area contributed by atoms with Crippen LogP contribution in [0.5, 0.6) is 0 Å². The predicted molar refractivity (Wildman–Crippen MR) is 77.9 cm³/mol. The Morgan fingerprint density at radius 1 is 0.750 bits per heavy atom. The van der Waals surface area contributed by atoms with Crippen molar-refractivity contribution in [3.63, 3.8) is 0 Å². The molecule has 4 N–H and O–H groups in total. The van der Waals surface area contributed by atoms with Crippen LogP contribution in [0.4, 0.5) is 11.4 Å². The summed E-state index contributed by atoms with van der Waals surface area (Å²) < 4.78 is 0. The Morgan fingerprint density at radius 2 is 1.25 bits per heavy atom. The molecule has 0 atom stereocenters. The molecule has 3 aliphatic carbocycles. The minimum absolute atomic E-state index is 0.310. The number of hydrogen-bond donors (Lipinski definition) is 2. The molecule has 0 saturated carbocycles. The van der Waals surface area contributed by atoms with Gasteiger partial charge < -0.3 is 11.5 Å². The maximum atomic E-state index is 9.29. The van der Waals surface area contributed by atoms with E-state index in [2.05, 4.69) is 6.07 Å². The zero-order valence-corrected chi connectivity index (χ0v) is 10.5. The van der Waals surface area contributed by atoms with Crippen LogP contribution in [-0.4, -0.2) is 0 Å². The maximum Gasteiger partial charge on any atom is 0.101 e. The van der Waals surface area contributed by atoms with Crippen LogP contribution in [0.1, 0.15) is 11.1 Å². The Balaban J connectivity index is 2.53. The van der Waals surface area contributed by atoms with Crippen molar-refractivity contribution in [2.75, 3.05) is 11.5 Å². The van der Waals surface area contributed by atoms with E-state index >= 15 is 0 Å². The van der Waals surface area contributed by atoms with Gasteiger partial charge in [0, 0.05) is 5.56 Å². The number of nitrogens with zero attached hydrogens (tertiary/aromatic N) is 2. The van der Waals surface area contributed by atoms with E-state index in [4.69, 9.17) is 16.7 Å². The molecule has 0 radical (unpaired) electrons. The van der Waals surface area contributed by atoms with E-state index < -0.39 is 0 Å². The predicted octanol–water partition coefficient (Wildman–Crippen LogP) is 2.80. The molecule has 0 saturated heterocycles. The molecule has 4 nitrogen and oxygen atoms in total. The molecule has 0 amide bonds. The summed E-state index contributed by atoms with van der Waals surface area (Å²) in [5.74, 6) is 0. The summed E-state index contributed by atoms with van der Waals surface area (Å²) in [5, 5.41) is 18.4. The normalized spacial score (nSPS) is 10.3. The van der Waals surface area contributed by atoms with Crippen molar-refractivity contribution in [2.24, 2.45) is 0 Å². The Morgan fingerprint density at radius 3 is 1.80 bits per heavy atom. The van der Waals surface area contributed by atoms with Gasteiger partial charge >= 0.3 is 0 Å². The lowest BCUT2D eigenvalue weighted by Crippen LogP contribution is -1.96. The Kier molecular flexibility index (Phi) is 2.45. The van der Waals surface area contributed by atoms with Crippen LogP contribution in [0.2, 0.25) is 0 Å². The van der Waals surface area contributed by atoms with Crippen molar-refractivity contribution in [1.82, 2.24) is 0 Å². The summed E-state index contributed by atoms with van der Waals surface area (Å²) >= 11 is 0. The third kappa shape index (κ3) is 1.53. The van der Waals surface area contributed by atoms with E-state index in [-0.39, 0.29) is 0 Å². The summed E-state index contributed by atoms with van der Waals surface area (Å²) in [7, 11) is 0. The van der Waals surface area contributed by atoms with Crippen molar-refractivity contribution in [3.05, 3.63) is 47.5 Å². The first-order valence-corrected chi connectivity index (χ1v) is 6.00. The number of hydrogen-bond acceptors (Lipinski definition) is 4. The molecule has 20 heavy (non-hydrogen) atoms. The van der Waals surface area contributed by atoms with Crippen LogP contribution >= 0.6 is 0 Å². The van der Waals surface area contributed by atoms with Gasteiger partial charge in [-0.2, -0.15) is 10.5 Å². The molecule has 0 fully saturated rings. The maximum absolute atomic E-state index is 9.29. The van der Waals surface area contributed by atoms with E-state index in [0.717, 1.165) is 16.7 Å². The molecule has 0 bridgehead atoms. The van der Waals surface area contributed by atoms with Gasteiger partial charge in [-0.1, -0.05) is 18.2 Å². The zero-order chi connectivity index (χ0) is 14.3. The highest BCUT2D eigenvalue weighted by Gasteiger charge is 2.18. The molecule has 0 aromatic rings. The van der Waals surface area contributed by atoms with Gasteiger partial charge in [0.15, 0.2) is 0 Å². The fraction of sp³-hybridized carbons (Fsp3) is 0. The van der Waals surface area contributed by atoms with Gasteiger partial charge in [-0.25, -0.2) is 0 Å². The molecule has 0 aromatic heterocycles. The van der Waals surface area contributed by atoms with Crippen LogP contribution < -0.4 is 11.5 Å². The second kappa shape index (κ2) is 4.15. The summed E-state index contributed by atoms with van der Waals surface area (Å²) in [4.78, 5) is 0. The standard InChI is InChI=1S/C16H10N4/c17-7-12-5-10-3-1-2-9(10)4-11-6-13(8-18)16(20)14(11)15(12)19/h1-6H,19-20H2. The first kappa shape index (κ1) is 11.8. The average Bonchev–Trinajstić information content (AvgIpc) is 2.98. The number of rotatable bonds is 0. The highest BCUT2D eigenvalue weighted by molar-refractivity contribution is 5.96. The third-order valence-electron chi connectivity index (χ3n) is 3.44. The van der Waals surface area contributed by atoms with E-state index in [9.17, 15) is 5.26 Å². The second-order valence-corrected chi connectivity index (χ2v) is 4.58. The number of nitrogen functional groups attached to an aromatic ring is 2. The Hall–Kier alpha value is -3.24. The number of fused-ring (bicyclic) bond motifs is 2. The van der Waals surface area contributed by atoms with Crippen LogP contribution in [0, 0.1) is 22.7 Å². The molecule has 0 heterocycles. The molecule has 0 aliphatic heterocycles. The number of nitriles is 2. The van der Waals surface area contributed by atoms with Crippen LogP contribution in [0.15, 0.2) is 36.4 Å². The van der Waals surface area contributed by atoms with Crippen LogP contribution in [0.25, 0.3) is 22.3 Å². The first-order chi connectivity index (χ1) is 9.65. The largest absolute Gasteiger partial charge is 0.397 e. The fourth-order valence-corrected chi connectivity index (χ4v) is 2.44. The molecule has 94 valence electrons. The van der Waals surface area contributed by atoms with Gasteiger partial charge in [-0.15, -0.1) is 0 Å². The molecule has 0 aromatic carbocycles. The van der Waals surface area contributed by atoms with E-state index in [1.165, 1.54) is 0 Å². The van der Waals surface area contributed by atoms with Gasteiger partial charge in [0.05, 0.1) is 22.5 Å². The smallest absolute Gasteiger partial charge is 0.101 e. The van der Waals surface area contributed by atoms with Crippen molar-refractivity contribution in [1.29, 1.82) is 10.5 Å². The van der Waals surface area contributed by atoms with Gasteiger partial charge in [0.1, 0.15) is 12.1 Å². The van der Waals surface area contributed by atoms with Gasteiger partial charge in [-0.05, 0) is 34.9 Å². The molecular formula is C16H10N4. The molecule has 4 heteroatoms. The molecule has 3 aliphatic rings. The first-order valence-electron chi connectivity index (χ1n) is 6.00. The summed E-state index contributed by atoms with van der Waals surface area (Å²) in [6.07, 6.45) is 0. The molecular weight excluding hydrogens is 248 g/mol. The number of nitrogens with two attached hydrogens (primary N) is 2. The monoisotopic (exact) mass is 258 g/mol. The molecule has 0 spiro atoms. The molecule has 0 unspecified atom stereocenters. The van der Waals surface area contributed by atoms with Crippen molar-refractivity contribution in [3.8, 4) is 34.4 Å². The molecule has 3 rings (SSSR count). The highest BCUT2D eigenvalue weighted by atomic mass is 14.6. The van der Waals surface area contributed by atoms with Crippen molar-refractivity contribution >= 4 is 11.4 Å². The number of anilines is 2.